The third-order valence-electron chi connectivity index (χ3n) is 7.64. The summed E-state index contributed by atoms with van der Waals surface area (Å²) >= 11 is 0. The van der Waals surface area contributed by atoms with Gasteiger partial charge in [-0.2, -0.15) is 0 Å². The van der Waals surface area contributed by atoms with Gasteiger partial charge >= 0.3 is 5.97 Å². The minimum Gasteiger partial charge on any atom is -0.478 e. The topological polar surface area (TPSA) is 102 Å². The van der Waals surface area contributed by atoms with Gasteiger partial charge in [0.15, 0.2) is 0 Å². The third-order valence-corrected chi connectivity index (χ3v) is 7.64. The van der Waals surface area contributed by atoms with E-state index in [1.165, 1.54) is 29.7 Å². The Hall–Kier alpha value is -4.69. The smallest absolute Gasteiger partial charge is 0.335 e. The second-order valence-electron chi connectivity index (χ2n) is 10.4. The minimum absolute atomic E-state index is 0.105. The van der Waals surface area contributed by atoms with Crippen molar-refractivity contribution in [1.29, 1.82) is 0 Å². The van der Waals surface area contributed by atoms with E-state index in [2.05, 4.69) is 45.2 Å². The lowest BCUT2D eigenvalue weighted by Crippen LogP contribution is -2.47. The highest BCUT2D eigenvalue weighted by Gasteiger charge is 2.25. The Morgan fingerprint density at radius 2 is 1.56 bits per heavy atom. The average Bonchev–Trinajstić information content (AvgIpc) is 2.97. The second-order valence-corrected chi connectivity index (χ2v) is 10.4. The van der Waals surface area contributed by atoms with Gasteiger partial charge in [0.05, 0.1) is 5.56 Å². The van der Waals surface area contributed by atoms with E-state index in [9.17, 15) is 19.5 Å². The second kappa shape index (κ2) is 12.2. The van der Waals surface area contributed by atoms with Gasteiger partial charge in [0, 0.05) is 56.7 Å². The maximum Gasteiger partial charge on any atom is 0.335 e. The molecule has 41 heavy (non-hydrogen) atoms. The van der Waals surface area contributed by atoms with Gasteiger partial charge in [0.2, 0.25) is 11.8 Å². The van der Waals surface area contributed by atoms with Crippen LogP contribution in [-0.2, 0) is 16.0 Å². The first-order valence-corrected chi connectivity index (χ1v) is 13.8. The normalized spacial score (nSPS) is 15.2. The number of benzene rings is 3. The Morgan fingerprint density at radius 3 is 2.20 bits per heavy atom. The van der Waals surface area contributed by atoms with E-state index in [1.807, 2.05) is 36.4 Å². The highest BCUT2D eigenvalue weighted by atomic mass is 16.4. The minimum atomic E-state index is -0.915. The van der Waals surface area contributed by atoms with Crippen molar-refractivity contribution in [2.75, 3.05) is 48.3 Å². The summed E-state index contributed by atoms with van der Waals surface area (Å²) in [5.41, 5.74) is 8.86. The van der Waals surface area contributed by atoms with E-state index in [4.69, 9.17) is 0 Å². The van der Waals surface area contributed by atoms with E-state index in [0.29, 0.717) is 5.56 Å². The van der Waals surface area contributed by atoms with Crippen LogP contribution < -0.4 is 15.5 Å². The quantitative estimate of drug-likeness (QED) is 0.340. The van der Waals surface area contributed by atoms with Crippen LogP contribution in [0.1, 0.15) is 40.4 Å². The Morgan fingerprint density at radius 1 is 0.878 bits per heavy atom. The molecule has 1 fully saturated rings. The number of carbonyl (C=O) groups is 3. The lowest BCUT2D eigenvalue weighted by molar-refractivity contribution is -0.114. The highest BCUT2D eigenvalue weighted by molar-refractivity contribution is 5.99. The number of piperazine rings is 1. The largest absolute Gasteiger partial charge is 0.478 e. The van der Waals surface area contributed by atoms with E-state index < -0.39 is 5.97 Å². The number of amides is 2. The van der Waals surface area contributed by atoms with Gasteiger partial charge in [-0.05, 0) is 95.3 Å². The number of nitrogens with zero attached hydrogens (tertiary/aromatic N) is 2. The van der Waals surface area contributed by atoms with Crippen LogP contribution in [0.5, 0.6) is 0 Å². The van der Waals surface area contributed by atoms with Crippen molar-refractivity contribution < 1.29 is 19.5 Å². The van der Waals surface area contributed by atoms with Crippen molar-refractivity contribution in [3.05, 3.63) is 107 Å². The van der Waals surface area contributed by atoms with Crippen molar-refractivity contribution in [3.63, 3.8) is 0 Å². The summed E-state index contributed by atoms with van der Waals surface area (Å²) in [6.07, 6.45) is 3.06. The molecule has 3 aromatic rings. The van der Waals surface area contributed by atoms with E-state index in [0.717, 1.165) is 73.8 Å². The maximum atomic E-state index is 11.9. The summed E-state index contributed by atoms with van der Waals surface area (Å²) in [5, 5.41) is 14.9. The van der Waals surface area contributed by atoms with Crippen LogP contribution in [0.2, 0.25) is 0 Å². The number of carboxylic acid groups (broad SMARTS) is 1. The molecule has 0 bridgehead atoms. The number of aromatic carboxylic acids is 1. The number of hydrogen-bond acceptors (Lipinski definition) is 5. The monoisotopic (exact) mass is 550 g/mol. The Kier molecular flexibility index (Phi) is 8.31. The van der Waals surface area contributed by atoms with Crippen LogP contribution in [0.3, 0.4) is 0 Å². The van der Waals surface area contributed by atoms with Crippen molar-refractivity contribution in [1.82, 2.24) is 4.90 Å². The molecule has 0 radical (unpaired) electrons. The van der Waals surface area contributed by atoms with Gasteiger partial charge in [-0.1, -0.05) is 24.8 Å². The van der Waals surface area contributed by atoms with Crippen LogP contribution in [0, 0.1) is 0 Å². The summed E-state index contributed by atoms with van der Waals surface area (Å²) in [5.74, 6) is -1.25. The average molecular weight is 551 g/mol. The molecule has 3 N–H and O–H groups in total. The molecule has 0 spiro atoms. The van der Waals surface area contributed by atoms with Gasteiger partial charge in [-0.15, -0.1) is 0 Å². The van der Waals surface area contributed by atoms with Crippen LogP contribution in [0.15, 0.2) is 85.0 Å². The zero-order valence-corrected chi connectivity index (χ0v) is 23.2. The maximum absolute atomic E-state index is 11.9. The van der Waals surface area contributed by atoms with E-state index >= 15 is 0 Å². The van der Waals surface area contributed by atoms with Crippen LogP contribution in [0.25, 0.3) is 5.57 Å². The molecule has 2 amide bonds. The van der Waals surface area contributed by atoms with Crippen molar-refractivity contribution >= 4 is 40.4 Å². The Balaban J connectivity index is 1.39. The third kappa shape index (κ3) is 6.56. The van der Waals surface area contributed by atoms with Crippen LogP contribution >= 0.6 is 0 Å². The van der Waals surface area contributed by atoms with Crippen molar-refractivity contribution in [2.24, 2.45) is 0 Å². The first kappa shape index (κ1) is 27.9. The number of anilines is 3. The first-order chi connectivity index (χ1) is 19.8. The van der Waals surface area contributed by atoms with Gasteiger partial charge in [0.1, 0.15) is 0 Å². The molecule has 8 heteroatoms. The van der Waals surface area contributed by atoms with E-state index in [-0.39, 0.29) is 11.8 Å². The molecule has 1 aliphatic heterocycles. The molecule has 1 aliphatic carbocycles. The summed E-state index contributed by atoms with van der Waals surface area (Å²) in [6, 6.07) is 21.1. The lowest BCUT2D eigenvalue weighted by Gasteiger charge is -2.37. The van der Waals surface area contributed by atoms with Crippen LogP contribution in [-0.4, -0.2) is 60.5 Å². The summed E-state index contributed by atoms with van der Waals surface area (Å²) in [4.78, 5) is 39.4. The number of carbonyl (C=O) groups excluding carboxylic acids is 2. The molecule has 0 atom stereocenters. The summed E-state index contributed by atoms with van der Waals surface area (Å²) in [7, 11) is 0. The molecule has 1 saturated heterocycles. The Labute approximate surface area is 240 Å². The number of aryl methyl sites for hydroxylation is 1. The number of nitrogens with one attached hydrogen (secondary N) is 2. The molecule has 210 valence electrons. The number of carboxylic acids is 1. The summed E-state index contributed by atoms with van der Waals surface area (Å²) < 4.78 is 0. The fourth-order valence-electron chi connectivity index (χ4n) is 5.61. The van der Waals surface area contributed by atoms with Crippen molar-refractivity contribution in [3.8, 4) is 0 Å². The Bertz CT molecular complexity index is 1500. The molecular formula is C33H34N4O4. The predicted octanol–water partition coefficient (Wildman–Crippen LogP) is 5.04. The zero-order valence-electron chi connectivity index (χ0n) is 23.2. The van der Waals surface area contributed by atoms with Gasteiger partial charge in [0.25, 0.3) is 0 Å². The molecule has 5 rings (SSSR count). The number of fused-ring (bicyclic) bond motifs is 1. The SMILES string of the molecule is C=CC(=O)Nc1ccc2c(c1)CCC(CN1CCN(c3ccc(C(=O)O)cc3)CC1)=C2c1ccc(NC(C)=O)cc1. The van der Waals surface area contributed by atoms with Crippen molar-refractivity contribution in [2.45, 2.75) is 19.8 Å². The van der Waals surface area contributed by atoms with Crippen LogP contribution in [0.4, 0.5) is 17.1 Å². The number of rotatable bonds is 8. The fraction of sp³-hybridized carbons (Fsp3) is 0.242. The molecule has 3 aromatic carbocycles. The molecule has 0 saturated carbocycles. The number of hydrogen-bond donors (Lipinski definition) is 3. The van der Waals surface area contributed by atoms with Gasteiger partial charge in [-0.3, -0.25) is 14.5 Å². The lowest BCUT2D eigenvalue weighted by atomic mass is 9.81. The molecular weight excluding hydrogens is 516 g/mol. The first-order valence-electron chi connectivity index (χ1n) is 13.8. The van der Waals surface area contributed by atoms with Gasteiger partial charge in [-0.25, -0.2) is 4.79 Å². The highest BCUT2D eigenvalue weighted by Crippen LogP contribution is 2.38. The molecule has 1 heterocycles. The molecule has 0 aromatic heterocycles. The fourth-order valence-corrected chi connectivity index (χ4v) is 5.61. The zero-order chi connectivity index (χ0) is 28.9. The summed E-state index contributed by atoms with van der Waals surface area (Å²) in [6.45, 7) is 9.42. The van der Waals surface area contributed by atoms with E-state index in [1.54, 1.807) is 12.1 Å². The molecule has 2 aliphatic rings. The predicted molar refractivity (Wildman–Crippen MR) is 162 cm³/mol. The standard InChI is InChI=1S/C33H34N4O4/c1-3-31(39)35-28-12-15-30-25(20-28)4-5-26(32(30)23-6-10-27(11-7-23)34-22(2)38)21-36-16-18-37(19-17-36)29-13-8-24(9-14-29)33(40)41/h3,6-15,20H,1,4-5,16-19,21H2,2H3,(H,34,38)(H,35,39)(H,40,41). The molecule has 0 unspecified atom stereocenters. The molecule has 8 nitrogen and oxygen atoms in total. The van der Waals surface area contributed by atoms with Gasteiger partial charge < -0.3 is 20.6 Å².